The smallest absolute Gasteiger partial charge is 0.330 e. The number of carbonyl (C=O) groups is 1. The van der Waals surface area contributed by atoms with Crippen molar-refractivity contribution in [2.75, 3.05) is 6.61 Å². The molecule has 0 aliphatic rings. The summed E-state index contributed by atoms with van der Waals surface area (Å²) in [7, 11) is 0. The first-order chi connectivity index (χ1) is 11.4. The third-order valence-electron chi connectivity index (χ3n) is 3.50. The highest BCUT2D eigenvalue weighted by Crippen LogP contribution is 2.12. The molecule has 0 radical (unpaired) electrons. The normalized spacial score (nSPS) is 15.3. The van der Waals surface area contributed by atoms with E-state index in [1.807, 2.05) is 13.0 Å². The molecule has 2 nitrogen and oxygen atoms in total. The van der Waals surface area contributed by atoms with Crippen molar-refractivity contribution in [2.24, 2.45) is 5.92 Å². The maximum atomic E-state index is 11.3. The molecule has 0 aromatic rings. The van der Waals surface area contributed by atoms with Crippen molar-refractivity contribution in [2.45, 2.75) is 60.8 Å². The average molecular weight is 331 g/mol. The molecule has 0 spiro atoms. The van der Waals surface area contributed by atoms with Crippen molar-refractivity contribution in [3.63, 3.8) is 0 Å². The Morgan fingerprint density at radius 2 is 1.71 bits per heavy atom. The van der Waals surface area contributed by atoms with Crippen molar-refractivity contribution in [1.29, 1.82) is 0 Å². The number of hydrogen-bond acceptors (Lipinski definition) is 2. The van der Waals surface area contributed by atoms with Gasteiger partial charge in [0.25, 0.3) is 0 Å². The molecule has 0 rings (SSSR count). The first-order valence-corrected chi connectivity index (χ1v) is 8.95. The molecule has 0 aliphatic carbocycles. The Kier molecular flexibility index (Phi) is 12.6. The Balaban J connectivity index is 4.59. The molecule has 2 heteroatoms. The molecule has 0 unspecified atom stereocenters. The molecule has 0 saturated heterocycles. The molecular formula is C22H34O2. The number of hydrogen-bond donors (Lipinski definition) is 0. The fourth-order valence-corrected chi connectivity index (χ4v) is 2.31. The van der Waals surface area contributed by atoms with E-state index in [2.05, 4.69) is 52.0 Å². The molecule has 0 aromatic heterocycles. The summed E-state index contributed by atoms with van der Waals surface area (Å²) in [6.07, 6.45) is 17.7. The summed E-state index contributed by atoms with van der Waals surface area (Å²) >= 11 is 0. The zero-order chi connectivity index (χ0) is 18.4. The van der Waals surface area contributed by atoms with E-state index in [1.165, 1.54) is 30.9 Å². The van der Waals surface area contributed by atoms with E-state index in [1.54, 1.807) is 13.0 Å². The highest BCUT2D eigenvalue weighted by Gasteiger charge is 1.96. The minimum atomic E-state index is -0.301. The summed E-state index contributed by atoms with van der Waals surface area (Å²) in [5.74, 6) is 0.333. The standard InChI is InChI=1S/C22H34O2/c1-7-9-11-18(3)16-19(4)12-10-13-20(5)17-21(6)14-15-22(23)24-8-2/h10,12-18H,7-9,11H2,1-6H3/b12-10+,15-14+,19-16+,20-13+,21-17+/t18-/m1/s1. The van der Waals surface area contributed by atoms with Crippen LogP contribution in [0.5, 0.6) is 0 Å². The van der Waals surface area contributed by atoms with Gasteiger partial charge in [-0.1, -0.05) is 79.9 Å². The molecule has 0 aromatic carbocycles. The SMILES string of the molecule is CCCC[C@@H](C)/C=C(C)/C=C/C=C(C)/C=C(C)/C=C/C(=O)OCC. The van der Waals surface area contributed by atoms with Crippen molar-refractivity contribution in [1.82, 2.24) is 0 Å². The summed E-state index contributed by atoms with van der Waals surface area (Å²) in [4.78, 5) is 11.3. The zero-order valence-corrected chi connectivity index (χ0v) is 16.3. The first kappa shape index (κ1) is 22.2. The van der Waals surface area contributed by atoms with Gasteiger partial charge in [0, 0.05) is 6.08 Å². The Bertz CT molecular complexity index is 516. The van der Waals surface area contributed by atoms with E-state index in [4.69, 9.17) is 4.74 Å². The van der Waals surface area contributed by atoms with E-state index < -0.39 is 0 Å². The Hall–Kier alpha value is -1.83. The fraction of sp³-hybridized carbons (Fsp3) is 0.500. The van der Waals surface area contributed by atoms with Gasteiger partial charge in [0.15, 0.2) is 0 Å². The summed E-state index contributed by atoms with van der Waals surface area (Å²) in [6, 6.07) is 0. The molecule has 0 saturated carbocycles. The Morgan fingerprint density at radius 3 is 2.33 bits per heavy atom. The number of esters is 1. The Morgan fingerprint density at radius 1 is 1.00 bits per heavy atom. The summed E-state index contributed by atoms with van der Waals surface area (Å²) in [6.45, 7) is 12.9. The van der Waals surface area contributed by atoms with Gasteiger partial charge in [-0.2, -0.15) is 0 Å². The number of allylic oxidation sites excluding steroid dienone is 9. The molecule has 0 fully saturated rings. The molecule has 1 atom stereocenters. The van der Waals surface area contributed by atoms with Crippen LogP contribution >= 0.6 is 0 Å². The highest BCUT2D eigenvalue weighted by atomic mass is 16.5. The topological polar surface area (TPSA) is 26.3 Å². The van der Waals surface area contributed by atoms with Crippen molar-refractivity contribution < 1.29 is 9.53 Å². The minimum absolute atomic E-state index is 0.301. The van der Waals surface area contributed by atoms with Gasteiger partial charge in [0.2, 0.25) is 0 Å². The lowest BCUT2D eigenvalue weighted by molar-refractivity contribution is -0.137. The lowest BCUT2D eigenvalue weighted by atomic mass is 10.0. The second-order valence-electron chi connectivity index (χ2n) is 6.27. The molecule has 0 bridgehead atoms. The maximum Gasteiger partial charge on any atom is 0.330 e. The van der Waals surface area contributed by atoms with Crippen LogP contribution in [0.3, 0.4) is 0 Å². The quantitative estimate of drug-likeness (QED) is 0.266. The van der Waals surface area contributed by atoms with E-state index >= 15 is 0 Å². The monoisotopic (exact) mass is 330 g/mol. The van der Waals surface area contributed by atoms with E-state index in [0.717, 1.165) is 11.1 Å². The van der Waals surface area contributed by atoms with Gasteiger partial charge in [-0.15, -0.1) is 0 Å². The van der Waals surface area contributed by atoms with Crippen LogP contribution in [0.2, 0.25) is 0 Å². The van der Waals surface area contributed by atoms with Gasteiger partial charge in [-0.25, -0.2) is 4.79 Å². The van der Waals surface area contributed by atoms with Crippen LogP contribution in [-0.4, -0.2) is 12.6 Å². The van der Waals surface area contributed by atoms with Crippen LogP contribution in [0.15, 0.2) is 59.3 Å². The second kappa shape index (κ2) is 13.6. The predicted molar refractivity (Wildman–Crippen MR) is 105 cm³/mol. The molecule has 0 heterocycles. The maximum absolute atomic E-state index is 11.3. The van der Waals surface area contributed by atoms with Gasteiger partial charge in [0.05, 0.1) is 6.61 Å². The molecule has 134 valence electrons. The molecule has 0 N–H and O–H groups in total. The second-order valence-corrected chi connectivity index (χ2v) is 6.27. The van der Waals surface area contributed by atoms with Gasteiger partial charge in [-0.05, 0) is 40.0 Å². The van der Waals surface area contributed by atoms with Crippen molar-refractivity contribution >= 4 is 5.97 Å². The van der Waals surface area contributed by atoms with Crippen LogP contribution < -0.4 is 0 Å². The summed E-state index contributed by atoms with van der Waals surface area (Å²) < 4.78 is 4.86. The fourth-order valence-electron chi connectivity index (χ4n) is 2.31. The minimum Gasteiger partial charge on any atom is -0.463 e. The van der Waals surface area contributed by atoms with Gasteiger partial charge < -0.3 is 4.74 Å². The van der Waals surface area contributed by atoms with Crippen molar-refractivity contribution in [3.05, 3.63) is 59.3 Å². The first-order valence-electron chi connectivity index (χ1n) is 8.95. The zero-order valence-electron chi connectivity index (χ0n) is 16.3. The van der Waals surface area contributed by atoms with Gasteiger partial charge in [-0.3, -0.25) is 0 Å². The van der Waals surface area contributed by atoms with E-state index in [9.17, 15) is 4.79 Å². The third-order valence-corrected chi connectivity index (χ3v) is 3.50. The van der Waals surface area contributed by atoms with Crippen LogP contribution in [-0.2, 0) is 9.53 Å². The molecule has 0 aliphatic heterocycles. The number of ether oxygens (including phenoxy) is 1. The summed E-state index contributed by atoms with van der Waals surface area (Å²) in [5.41, 5.74) is 3.46. The number of rotatable bonds is 10. The largest absolute Gasteiger partial charge is 0.463 e. The van der Waals surface area contributed by atoms with Gasteiger partial charge in [0.1, 0.15) is 0 Å². The highest BCUT2D eigenvalue weighted by molar-refractivity contribution is 5.82. The Labute approximate surface area is 148 Å². The van der Waals surface area contributed by atoms with Crippen LogP contribution in [0, 0.1) is 5.92 Å². The van der Waals surface area contributed by atoms with Crippen LogP contribution in [0.4, 0.5) is 0 Å². The lowest BCUT2D eigenvalue weighted by Gasteiger charge is -2.05. The molecule has 24 heavy (non-hydrogen) atoms. The predicted octanol–water partition coefficient (Wildman–Crippen LogP) is 6.33. The molecule has 0 amide bonds. The third kappa shape index (κ3) is 12.7. The summed E-state index contributed by atoms with van der Waals surface area (Å²) in [5, 5.41) is 0. The van der Waals surface area contributed by atoms with Crippen LogP contribution in [0.25, 0.3) is 0 Å². The number of carbonyl (C=O) groups excluding carboxylic acids is 1. The lowest BCUT2D eigenvalue weighted by Crippen LogP contribution is -1.98. The van der Waals surface area contributed by atoms with E-state index in [-0.39, 0.29) is 5.97 Å². The molecular weight excluding hydrogens is 296 g/mol. The van der Waals surface area contributed by atoms with Crippen molar-refractivity contribution in [3.8, 4) is 0 Å². The van der Waals surface area contributed by atoms with E-state index in [0.29, 0.717) is 12.5 Å². The van der Waals surface area contributed by atoms with Crippen LogP contribution in [0.1, 0.15) is 60.8 Å². The number of unbranched alkanes of at least 4 members (excludes halogenated alkanes) is 1. The average Bonchev–Trinajstić information content (AvgIpc) is 2.51. The van der Waals surface area contributed by atoms with Gasteiger partial charge >= 0.3 is 5.97 Å².